The van der Waals surface area contributed by atoms with Crippen molar-refractivity contribution < 1.29 is 4.42 Å². The molecule has 0 aliphatic rings. The molecule has 104 valence electrons. The fourth-order valence-electron chi connectivity index (χ4n) is 2.21. The maximum atomic E-state index is 11.0. The highest BCUT2D eigenvalue weighted by Gasteiger charge is 2.12. The van der Waals surface area contributed by atoms with Crippen LogP contribution in [0.3, 0.4) is 0 Å². The van der Waals surface area contributed by atoms with Crippen LogP contribution in [-0.4, -0.2) is 25.1 Å². The van der Waals surface area contributed by atoms with Crippen molar-refractivity contribution in [1.29, 1.82) is 0 Å². The average molecular weight is 282 g/mol. The summed E-state index contributed by atoms with van der Waals surface area (Å²) in [6.45, 7) is 0.321. The second kappa shape index (κ2) is 4.44. The highest BCUT2D eigenvalue weighted by Crippen LogP contribution is 2.30. The molecular formula is C13H10N6O2. The summed E-state index contributed by atoms with van der Waals surface area (Å²) in [6, 6.07) is 7.66. The first-order valence-corrected chi connectivity index (χ1v) is 6.31. The van der Waals surface area contributed by atoms with Gasteiger partial charge in [0.1, 0.15) is 23.3 Å². The lowest BCUT2D eigenvalue weighted by Gasteiger charge is -2.02. The molecule has 8 heteroatoms. The number of para-hydroxylation sites is 1. The van der Waals surface area contributed by atoms with Crippen LogP contribution < -0.4 is 11.0 Å². The van der Waals surface area contributed by atoms with Crippen molar-refractivity contribution in [3.05, 3.63) is 46.9 Å². The number of furan rings is 1. The van der Waals surface area contributed by atoms with Crippen LogP contribution in [-0.2, 0) is 6.54 Å². The van der Waals surface area contributed by atoms with Crippen molar-refractivity contribution in [2.24, 2.45) is 0 Å². The predicted octanol–water partition coefficient (Wildman–Crippen LogP) is 1.40. The fourth-order valence-corrected chi connectivity index (χ4v) is 2.21. The fraction of sp³-hybridized carbons (Fsp3) is 0.0769. The maximum absolute atomic E-state index is 11.0. The molecule has 4 rings (SSSR count). The Bertz CT molecular complexity index is 983. The zero-order valence-electron chi connectivity index (χ0n) is 10.8. The Kier molecular flexibility index (Phi) is 2.46. The van der Waals surface area contributed by atoms with Gasteiger partial charge in [0.15, 0.2) is 11.4 Å². The molecule has 1 aromatic carbocycles. The van der Waals surface area contributed by atoms with Gasteiger partial charge < -0.3 is 9.73 Å². The summed E-state index contributed by atoms with van der Waals surface area (Å²) in [4.78, 5) is 22.0. The number of hydrogen-bond acceptors (Lipinski definition) is 6. The summed E-state index contributed by atoms with van der Waals surface area (Å²) >= 11 is 0. The van der Waals surface area contributed by atoms with E-state index in [-0.39, 0.29) is 5.69 Å². The largest absolute Gasteiger partial charge is 0.450 e. The third-order valence-electron chi connectivity index (χ3n) is 3.13. The second-order valence-corrected chi connectivity index (χ2v) is 4.48. The van der Waals surface area contributed by atoms with Crippen LogP contribution in [0.1, 0.15) is 5.82 Å². The molecule has 0 aliphatic carbocycles. The van der Waals surface area contributed by atoms with Crippen molar-refractivity contribution >= 4 is 27.9 Å². The topological polar surface area (TPSA) is 112 Å². The van der Waals surface area contributed by atoms with Crippen molar-refractivity contribution in [3.63, 3.8) is 0 Å². The predicted molar refractivity (Wildman–Crippen MR) is 75.8 cm³/mol. The van der Waals surface area contributed by atoms with Gasteiger partial charge in [-0.15, -0.1) is 0 Å². The number of benzene rings is 1. The van der Waals surface area contributed by atoms with Gasteiger partial charge in [-0.1, -0.05) is 12.1 Å². The molecule has 3 N–H and O–H groups in total. The summed E-state index contributed by atoms with van der Waals surface area (Å²) < 4.78 is 5.79. The first-order valence-electron chi connectivity index (χ1n) is 6.31. The number of rotatable bonds is 3. The number of anilines is 1. The minimum absolute atomic E-state index is 0.321. The molecule has 8 nitrogen and oxygen atoms in total. The van der Waals surface area contributed by atoms with Crippen LogP contribution in [0.5, 0.6) is 0 Å². The molecule has 0 fully saturated rings. The lowest BCUT2D eigenvalue weighted by molar-refractivity contribution is 0.666. The van der Waals surface area contributed by atoms with Crippen LogP contribution in [0.15, 0.2) is 39.8 Å². The zero-order chi connectivity index (χ0) is 14.2. The van der Waals surface area contributed by atoms with Crippen LogP contribution in [0.4, 0.5) is 5.82 Å². The van der Waals surface area contributed by atoms with E-state index in [0.29, 0.717) is 23.8 Å². The number of aromatic amines is 2. The molecule has 0 atom stereocenters. The molecule has 0 unspecified atom stereocenters. The third-order valence-corrected chi connectivity index (χ3v) is 3.13. The van der Waals surface area contributed by atoms with E-state index in [1.54, 1.807) is 0 Å². The molecule has 0 aliphatic heterocycles. The molecule has 0 amide bonds. The number of nitrogens with zero attached hydrogens (tertiary/aromatic N) is 3. The smallest absolute Gasteiger partial charge is 0.340 e. The molecule has 0 saturated heterocycles. The molecule has 21 heavy (non-hydrogen) atoms. The van der Waals surface area contributed by atoms with Crippen LogP contribution in [0.2, 0.25) is 0 Å². The van der Waals surface area contributed by atoms with Gasteiger partial charge in [0.2, 0.25) is 0 Å². The molecule has 3 aromatic heterocycles. The molecule has 0 bridgehead atoms. The first kappa shape index (κ1) is 11.6. The normalized spacial score (nSPS) is 11.2. The highest BCUT2D eigenvalue weighted by molar-refractivity contribution is 6.05. The Balaban J connectivity index is 1.76. The van der Waals surface area contributed by atoms with E-state index in [2.05, 4.69) is 30.5 Å². The van der Waals surface area contributed by atoms with Crippen LogP contribution in [0, 0.1) is 0 Å². The Labute approximate surface area is 117 Å². The Hall–Kier alpha value is -3.16. The number of H-pyrrole nitrogens is 2. The molecule has 3 heterocycles. The maximum Gasteiger partial charge on any atom is 0.340 e. The number of fused-ring (bicyclic) bond motifs is 3. The van der Waals surface area contributed by atoms with Crippen molar-refractivity contribution in [1.82, 2.24) is 25.1 Å². The Morgan fingerprint density at radius 2 is 2.14 bits per heavy atom. The zero-order valence-corrected chi connectivity index (χ0v) is 10.8. The van der Waals surface area contributed by atoms with Gasteiger partial charge in [0.05, 0.1) is 6.54 Å². The minimum Gasteiger partial charge on any atom is -0.450 e. The summed E-state index contributed by atoms with van der Waals surface area (Å²) in [7, 11) is 0. The van der Waals surface area contributed by atoms with Gasteiger partial charge in [0.25, 0.3) is 0 Å². The number of hydrogen-bond donors (Lipinski definition) is 3. The van der Waals surface area contributed by atoms with E-state index >= 15 is 0 Å². The number of nitrogens with one attached hydrogen (secondary N) is 3. The summed E-state index contributed by atoms with van der Waals surface area (Å²) in [5.41, 5.74) is 1.74. The quantitative estimate of drug-likeness (QED) is 0.523. The van der Waals surface area contributed by atoms with E-state index < -0.39 is 0 Å². The van der Waals surface area contributed by atoms with E-state index in [1.807, 2.05) is 24.3 Å². The number of aromatic nitrogens is 5. The highest BCUT2D eigenvalue weighted by atomic mass is 16.3. The van der Waals surface area contributed by atoms with Crippen molar-refractivity contribution in [3.8, 4) is 0 Å². The van der Waals surface area contributed by atoms with E-state index in [9.17, 15) is 4.79 Å². The summed E-state index contributed by atoms with van der Waals surface area (Å²) in [5.74, 6) is 1.04. The van der Waals surface area contributed by atoms with Gasteiger partial charge in [0, 0.05) is 5.39 Å². The van der Waals surface area contributed by atoms with Crippen molar-refractivity contribution in [2.45, 2.75) is 6.54 Å². The third kappa shape index (κ3) is 1.93. The van der Waals surface area contributed by atoms with Gasteiger partial charge in [-0.25, -0.2) is 19.9 Å². The lowest BCUT2D eigenvalue weighted by atomic mass is 10.2. The average Bonchev–Trinajstić information content (AvgIpc) is 3.09. The van der Waals surface area contributed by atoms with Gasteiger partial charge in [-0.2, -0.15) is 5.10 Å². The molecular weight excluding hydrogens is 272 g/mol. The summed E-state index contributed by atoms with van der Waals surface area (Å²) in [6.07, 6.45) is 1.47. The Morgan fingerprint density at radius 3 is 3.00 bits per heavy atom. The summed E-state index contributed by atoms with van der Waals surface area (Å²) in [5, 5.41) is 10.1. The van der Waals surface area contributed by atoms with E-state index in [4.69, 9.17) is 4.42 Å². The molecule has 0 spiro atoms. The monoisotopic (exact) mass is 282 g/mol. The standard InChI is InChI=1S/C13H10N6O2/c20-13-17-9(18-19-13)5-14-12-11-10(15-6-16-12)7-3-1-2-4-8(7)21-11/h1-4,6H,5H2,(H,14,15,16)(H2,17,18,19,20). The Morgan fingerprint density at radius 1 is 1.24 bits per heavy atom. The minimum atomic E-state index is -0.344. The molecule has 0 saturated carbocycles. The SMILES string of the molecule is O=c1[nH]nc(CNc2ncnc3c2oc2ccccc23)[nH]1. The van der Waals surface area contributed by atoms with Gasteiger partial charge in [-0.05, 0) is 12.1 Å². The second-order valence-electron chi connectivity index (χ2n) is 4.48. The van der Waals surface area contributed by atoms with Crippen LogP contribution >= 0.6 is 0 Å². The molecule has 4 aromatic rings. The van der Waals surface area contributed by atoms with Gasteiger partial charge in [-0.3, -0.25) is 4.98 Å². The van der Waals surface area contributed by atoms with Crippen LogP contribution in [0.25, 0.3) is 22.1 Å². The van der Waals surface area contributed by atoms with E-state index in [0.717, 1.165) is 16.5 Å². The van der Waals surface area contributed by atoms with Crippen molar-refractivity contribution in [2.75, 3.05) is 5.32 Å². The van der Waals surface area contributed by atoms with Gasteiger partial charge >= 0.3 is 5.69 Å². The molecule has 0 radical (unpaired) electrons. The van der Waals surface area contributed by atoms with E-state index in [1.165, 1.54) is 6.33 Å². The first-order chi connectivity index (χ1) is 10.3. The lowest BCUT2D eigenvalue weighted by Crippen LogP contribution is -2.05.